The molecule has 5 nitrogen and oxygen atoms in total. The number of carboxylic acid groups (broad SMARTS) is 1. The molecule has 7 heteroatoms. The Kier molecular flexibility index (Phi) is 4.81. The van der Waals surface area contributed by atoms with E-state index >= 15 is 0 Å². The fourth-order valence-corrected chi connectivity index (χ4v) is 2.87. The molecule has 0 radical (unpaired) electrons. The zero-order valence-electron chi connectivity index (χ0n) is 10.5. The largest absolute Gasteiger partial charge is 0.480 e. The molecule has 2 aromatic heterocycles. The summed E-state index contributed by atoms with van der Waals surface area (Å²) in [5, 5.41) is 11.5. The van der Waals surface area contributed by atoms with Gasteiger partial charge in [0.05, 0.1) is 4.34 Å². The average molecular weight is 313 g/mol. The van der Waals surface area contributed by atoms with E-state index in [0.29, 0.717) is 18.7 Å². The minimum Gasteiger partial charge on any atom is -0.480 e. The summed E-state index contributed by atoms with van der Waals surface area (Å²) in [4.78, 5) is 23.7. The molecular weight excluding hydrogens is 300 g/mol. The highest BCUT2D eigenvalue weighted by atomic mass is 35.5. The standard InChI is InChI=1S/C13H13ClN2O3S/c14-11-4-3-9(20-11)5-6-15-13(19)10-2-1-7-16(10)8-12(17)18/h1-4,7H,5-6,8H2,(H,15,19)(H,17,18). The number of hydrogen-bond donors (Lipinski definition) is 2. The Labute approximate surface area is 124 Å². The maximum absolute atomic E-state index is 12.0. The number of carbonyl (C=O) groups is 2. The zero-order chi connectivity index (χ0) is 14.5. The summed E-state index contributed by atoms with van der Waals surface area (Å²) < 4.78 is 2.13. The summed E-state index contributed by atoms with van der Waals surface area (Å²) in [6.45, 7) is 0.254. The fourth-order valence-electron chi connectivity index (χ4n) is 1.78. The number of carboxylic acids is 1. The SMILES string of the molecule is O=C(O)Cn1cccc1C(=O)NCCc1ccc(Cl)s1. The Morgan fingerprint density at radius 3 is 2.80 bits per heavy atom. The lowest BCUT2D eigenvalue weighted by molar-refractivity contribution is -0.137. The Bertz CT molecular complexity index is 621. The molecule has 0 spiro atoms. The second kappa shape index (κ2) is 6.58. The van der Waals surface area contributed by atoms with E-state index in [1.807, 2.05) is 12.1 Å². The summed E-state index contributed by atoms with van der Waals surface area (Å²) in [5.41, 5.74) is 0.344. The van der Waals surface area contributed by atoms with Gasteiger partial charge >= 0.3 is 5.97 Å². The molecule has 0 aromatic carbocycles. The van der Waals surface area contributed by atoms with Crippen LogP contribution in [0.25, 0.3) is 0 Å². The normalized spacial score (nSPS) is 10.4. The van der Waals surface area contributed by atoms with E-state index in [9.17, 15) is 9.59 Å². The third-order valence-electron chi connectivity index (χ3n) is 2.65. The third kappa shape index (κ3) is 3.85. The molecule has 2 aromatic rings. The molecule has 0 atom stereocenters. The van der Waals surface area contributed by atoms with Crippen molar-refractivity contribution in [2.75, 3.05) is 6.54 Å². The number of nitrogens with one attached hydrogen (secondary N) is 1. The molecule has 0 aliphatic carbocycles. The minimum absolute atomic E-state index is 0.226. The Hall–Kier alpha value is -1.79. The van der Waals surface area contributed by atoms with Gasteiger partial charge in [-0.3, -0.25) is 9.59 Å². The Morgan fingerprint density at radius 1 is 1.35 bits per heavy atom. The van der Waals surface area contributed by atoms with Gasteiger partial charge in [0.15, 0.2) is 0 Å². The molecule has 0 unspecified atom stereocenters. The van der Waals surface area contributed by atoms with E-state index in [-0.39, 0.29) is 12.5 Å². The van der Waals surface area contributed by atoms with Gasteiger partial charge in [0.1, 0.15) is 12.2 Å². The topological polar surface area (TPSA) is 71.3 Å². The fraction of sp³-hybridized carbons (Fsp3) is 0.231. The highest BCUT2D eigenvalue weighted by Gasteiger charge is 2.12. The van der Waals surface area contributed by atoms with Crippen molar-refractivity contribution in [2.24, 2.45) is 0 Å². The van der Waals surface area contributed by atoms with Crippen LogP contribution in [0.3, 0.4) is 0 Å². The number of carbonyl (C=O) groups excluding carboxylic acids is 1. The average Bonchev–Trinajstić information content (AvgIpc) is 2.98. The first-order valence-corrected chi connectivity index (χ1v) is 7.15. The minimum atomic E-state index is -0.983. The van der Waals surface area contributed by atoms with Crippen LogP contribution in [-0.4, -0.2) is 28.1 Å². The van der Waals surface area contributed by atoms with Crippen molar-refractivity contribution < 1.29 is 14.7 Å². The third-order valence-corrected chi connectivity index (χ3v) is 3.94. The van der Waals surface area contributed by atoms with Crippen LogP contribution in [0.5, 0.6) is 0 Å². The van der Waals surface area contributed by atoms with Gasteiger partial charge in [-0.25, -0.2) is 0 Å². The van der Waals surface area contributed by atoms with E-state index in [4.69, 9.17) is 16.7 Å². The number of aromatic nitrogens is 1. The predicted molar refractivity (Wildman–Crippen MR) is 77.4 cm³/mol. The highest BCUT2D eigenvalue weighted by molar-refractivity contribution is 7.16. The summed E-state index contributed by atoms with van der Waals surface area (Å²) in [6, 6.07) is 6.99. The molecule has 0 fully saturated rings. The van der Waals surface area contributed by atoms with Crippen LogP contribution >= 0.6 is 22.9 Å². The van der Waals surface area contributed by atoms with Crippen LogP contribution in [-0.2, 0) is 17.8 Å². The quantitative estimate of drug-likeness (QED) is 0.859. The molecule has 106 valence electrons. The lowest BCUT2D eigenvalue weighted by Crippen LogP contribution is -2.28. The van der Waals surface area contributed by atoms with Crippen molar-refractivity contribution in [3.05, 3.63) is 45.4 Å². The number of halogens is 1. The zero-order valence-corrected chi connectivity index (χ0v) is 12.1. The van der Waals surface area contributed by atoms with E-state index < -0.39 is 5.97 Å². The number of rotatable bonds is 6. The van der Waals surface area contributed by atoms with Crippen LogP contribution in [0.1, 0.15) is 15.4 Å². The van der Waals surface area contributed by atoms with Gasteiger partial charge in [-0.05, 0) is 30.7 Å². The summed E-state index contributed by atoms with van der Waals surface area (Å²) in [6.07, 6.45) is 2.27. The Morgan fingerprint density at radius 2 is 2.15 bits per heavy atom. The summed E-state index contributed by atoms with van der Waals surface area (Å²) in [7, 11) is 0. The number of thiophene rings is 1. The second-order valence-corrected chi connectivity index (χ2v) is 5.93. The molecule has 0 saturated carbocycles. The molecule has 0 saturated heterocycles. The molecule has 20 heavy (non-hydrogen) atoms. The first-order valence-electron chi connectivity index (χ1n) is 5.95. The van der Waals surface area contributed by atoms with Gasteiger partial charge in [-0.1, -0.05) is 11.6 Å². The highest BCUT2D eigenvalue weighted by Crippen LogP contribution is 2.21. The maximum atomic E-state index is 12.0. The van der Waals surface area contributed by atoms with Crippen LogP contribution in [0.4, 0.5) is 0 Å². The van der Waals surface area contributed by atoms with E-state index in [1.54, 1.807) is 18.3 Å². The smallest absolute Gasteiger partial charge is 0.323 e. The number of aliphatic carboxylic acids is 1. The monoisotopic (exact) mass is 312 g/mol. The molecule has 0 bridgehead atoms. The molecule has 2 N–H and O–H groups in total. The second-order valence-electron chi connectivity index (χ2n) is 4.13. The number of hydrogen-bond acceptors (Lipinski definition) is 3. The van der Waals surface area contributed by atoms with Gasteiger partial charge in [0.25, 0.3) is 5.91 Å². The lowest BCUT2D eigenvalue weighted by atomic mass is 10.3. The van der Waals surface area contributed by atoms with Gasteiger partial charge in [-0.2, -0.15) is 0 Å². The first kappa shape index (κ1) is 14.6. The number of nitrogens with zero attached hydrogens (tertiary/aromatic N) is 1. The van der Waals surface area contributed by atoms with Crippen LogP contribution in [0.15, 0.2) is 30.5 Å². The molecule has 1 amide bonds. The van der Waals surface area contributed by atoms with Crippen molar-refractivity contribution >= 4 is 34.8 Å². The van der Waals surface area contributed by atoms with E-state index in [1.165, 1.54) is 15.9 Å². The summed E-state index contributed by atoms with van der Waals surface area (Å²) in [5.74, 6) is -1.26. The van der Waals surface area contributed by atoms with Gasteiger partial charge in [0, 0.05) is 17.6 Å². The van der Waals surface area contributed by atoms with Crippen molar-refractivity contribution in [1.29, 1.82) is 0 Å². The summed E-state index contributed by atoms with van der Waals surface area (Å²) >= 11 is 7.30. The lowest BCUT2D eigenvalue weighted by Gasteiger charge is -2.07. The van der Waals surface area contributed by atoms with Crippen molar-refractivity contribution in [3.8, 4) is 0 Å². The molecule has 0 aliphatic heterocycles. The van der Waals surface area contributed by atoms with Gasteiger partial charge in [0.2, 0.25) is 0 Å². The Balaban J connectivity index is 1.88. The van der Waals surface area contributed by atoms with Crippen molar-refractivity contribution in [2.45, 2.75) is 13.0 Å². The predicted octanol–water partition coefficient (Wildman–Crippen LogP) is 2.26. The maximum Gasteiger partial charge on any atom is 0.323 e. The van der Waals surface area contributed by atoms with Crippen LogP contribution < -0.4 is 5.32 Å². The molecule has 2 rings (SSSR count). The van der Waals surface area contributed by atoms with Crippen LogP contribution in [0.2, 0.25) is 4.34 Å². The van der Waals surface area contributed by atoms with E-state index in [2.05, 4.69) is 5.32 Å². The molecular formula is C13H13ClN2O3S. The van der Waals surface area contributed by atoms with Gasteiger partial charge in [-0.15, -0.1) is 11.3 Å². The van der Waals surface area contributed by atoms with Gasteiger partial charge < -0.3 is 15.0 Å². The number of amides is 1. The van der Waals surface area contributed by atoms with Crippen molar-refractivity contribution in [3.63, 3.8) is 0 Å². The van der Waals surface area contributed by atoms with Crippen molar-refractivity contribution in [1.82, 2.24) is 9.88 Å². The molecule has 0 aliphatic rings. The van der Waals surface area contributed by atoms with Crippen LogP contribution in [0, 0.1) is 0 Å². The first-order chi connectivity index (χ1) is 9.56. The molecule has 2 heterocycles. The van der Waals surface area contributed by atoms with E-state index in [0.717, 1.165) is 9.21 Å².